The molecule has 186 valence electrons. The number of nitrogens with zero attached hydrogens (tertiary/aromatic N) is 1. The maximum atomic E-state index is 13.4. The molecule has 2 aromatic rings. The standard InChI is InChI=1S/C26H31N3O5S/c1-6-29(24(32)20(16-35)28-25(33)34-26(3,4)5)22(19-12-13-21(30)17(2)14-19)23(31)27-15-18-10-8-7-9-11-18/h1,7-14,20,22,30,35H,15-16H2,2-5H3,(H,27,31)(H,28,33). The Morgan fingerprint density at radius 3 is 2.37 bits per heavy atom. The third kappa shape index (κ3) is 7.97. The molecule has 2 aromatic carbocycles. The maximum Gasteiger partial charge on any atom is 0.408 e. The summed E-state index contributed by atoms with van der Waals surface area (Å²) in [6.07, 6.45) is 4.89. The van der Waals surface area contributed by atoms with Gasteiger partial charge in [0.1, 0.15) is 23.4 Å². The first-order valence-corrected chi connectivity index (χ1v) is 11.6. The van der Waals surface area contributed by atoms with Crippen molar-refractivity contribution in [1.29, 1.82) is 0 Å². The lowest BCUT2D eigenvalue weighted by atomic mass is 10.0. The number of carbonyl (C=O) groups is 3. The number of terminal acetylenes is 1. The van der Waals surface area contributed by atoms with E-state index in [2.05, 4.69) is 29.3 Å². The summed E-state index contributed by atoms with van der Waals surface area (Å²) in [5.74, 6) is -1.28. The van der Waals surface area contributed by atoms with Crippen molar-refractivity contribution in [3.05, 3.63) is 65.2 Å². The van der Waals surface area contributed by atoms with E-state index in [0.29, 0.717) is 11.1 Å². The van der Waals surface area contributed by atoms with Gasteiger partial charge < -0.3 is 20.5 Å². The van der Waals surface area contributed by atoms with E-state index in [0.717, 1.165) is 10.5 Å². The van der Waals surface area contributed by atoms with E-state index in [1.54, 1.807) is 33.8 Å². The number of nitrogens with one attached hydrogen (secondary N) is 2. The van der Waals surface area contributed by atoms with E-state index in [9.17, 15) is 19.5 Å². The van der Waals surface area contributed by atoms with E-state index >= 15 is 0 Å². The van der Waals surface area contributed by atoms with Crippen molar-refractivity contribution in [3.8, 4) is 18.2 Å². The first-order valence-electron chi connectivity index (χ1n) is 11.0. The second-order valence-electron chi connectivity index (χ2n) is 8.87. The number of thiol groups is 1. The molecule has 0 aromatic heterocycles. The molecule has 3 amide bonds. The Labute approximate surface area is 211 Å². The van der Waals surface area contributed by atoms with Crippen LogP contribution in [0.15, 0.2) is 48.5 Å². The van der Waals surface area contributed by atoms with Gasteiger partial charge in [0.2, 0.25) is 5.91 Å². The number of aromatic hydroxyl groups is 1. The summed E-state index contributed by atoms with van der Waals surface area (Å²) in [7, 11) is 0. The number of phenolic OH excluding ortho intramolecular Hbond substituents is 1. The molecule has 0 aliphatic heterocycles. The van der Waals surface area contributed by atoms with Gasteiger partial charge in [0, 0.05) is 18.3 Å². The Bertz CT molecular complexity index is 1090. The average Bonchev–Trinajstić information content (AvgIpc) is 2.80. The lowest BCUT2D eigenvalue weighted by molar-refractivity contribution is -0.138. The molecule has 0 aliphatic rings. The Kier molecular flexibility index (Phi) is 9.60. The molecule has 8 nitrogen and oxygen atoms in total. The van der Waals surface area contributed by atoms with Gasteiger partial charge in [0.15, 0.2) is 0 Å². The number of phenols is 1. The Balaban J connectivity index is 2.36. The van der Waals surface area contributed by atoms with Crippen LogP contribution in [0.5, 0.6) is 5.75 Å². The second kappa shape index (κ2) is 12.2. The largest absolute Gasteiger partial charge is 0.508 e. The Morgan fingerprint density at radius 2 is 1.83 bits per heavy atom. The van der Waals surface area contributed by atoms with Gasteiger partial charge in [0.25, 0.3) is 5.91 Å². The molecule has 3 N–H and O–H groups in total. The van der Waals surface area contributed by atoms with Crippen molar-refractivity contribution in [2.24, 2.45) is 0 Å². The molecule has 0 saturated heterocycles. The van der Waals surface area contributed by atoms with Gasteiger partial charge in [-0.05, 0) is 56.5 Å². The highest BCUT2D eigenvalue weighted by atomic mass is 32.1. The number of rotatable bonds is 8. The summed E-state index contributed by atoms with van der Waals surface area (Å²) < 4.78 is 5.23. The Morgan fingerprint density at radius 1 is 1.17 bits per heavy atom. The van der Waals surface area contributed by atoms with Crippen molar-refractivity contribution >= 4 is 30.5 Å². The average molecular weight is 498 g/mol. The zero-order chi connectivity index (χ0) is 26.2. The molecule has 0 fully saturated rings. The van der Waals surface area contributed by atoms with Crippen LogP contribution in [0.4, 0.5) is 4.79 Å². The normalized spacial score (nSPS) is 12.6. The summed E-state index contributed by atoms with van der Waals surface area (Å²) in [5.41, 5.74) is 0.987. The number of ether oxygens (including phenoxy) is 1. The third-order valence-corrected chi connectivity index (χ3v) is 5.27. The lowest BCUT2D eigenvalue weighted by Crippen LogP contribution is -2.52. The summed E-state index contributed by atoms with van der Waals surface area (Å²) >= 11 is 4.18. The summed E-state index contributed by atoms with van der Waals surface area (Å²) in [6, 6.07) is 13.7. The van der Waals surface area contributed by atoms with Crippen LogP contribution in [-0.4, -0.2) is 45.3 Å². The van der Waals surface area contributed by atoms with Crippen LogP contribution in [0.2, 0.25) is 0 Å². The van der Waals surface area contributed by atoms with Crippen molar-refractivity contribution in [1.82, 2.24) is 15.5 Å². The fraction of sp³-hybridized carbons (Fsp3) is 0.346. The van der Waals surface area contributed by atoms with Crippen LogP contribution < -0.4 is 10.6 Å². The van der Waals surface area contributed by atoms with Gasteiger partial charge in [-0.2, -0.15) is 12.6 Å². The van der Waals surface area contributed by atoms with Crippen molar-refractivity contribution in [2.45, 2.75) is 51.9 Å². The minimum Gasteiger partial charge on any atom is -0.508 e. The molecule has 2 atom stereocenters. The molecule has 0 heterocycles. The summed E-state index contributed by atoms with van der Waals surface area (Å²) in [5, 5.41) is 15.2. The highest BCUT2D eigenvalue weighted by Crippen LogP contribution is 2.27. The van der Waals surface area contributed by atoms with E-state index in [-0.39, 0.29) is 18.0 Å². The predicted molar refractivity (Wildman–Crippen MR) is 137 cm³/mol. The highest BCUT2D eigenvalue weighted by Gasteiger charge is 2.35. The third-order valence-electron chi connectivity index (χ3n) is 4.90. The van der Waals surface area contributed by atoms with E-state index in [1.807, 2.05) is 30.3 Å². The first-order chi connectivity index (χ1) is 16.5. The molecular weight excluding hydrogens is 466 g/mol. The van der Waals surface area contributed by atoms with Gasteiger partial charge in [-0.15, -0.1) is 0 Å². The number of benzene rings is 2. The number of amides is 3. The van der Waals surface area contributed by atoms with Gasteiger partial charge in [-0.25, -0.2) is 4.79 Å². The second-order valence-corrected chi connectivity index (χ2v) is 9.24. The smallest absolute Gasteiger partial charge is 0.408 e. The molecule has 9 heteroatoms. The molecular formula is C26H31N3O5S. The molecule has 0 spiro atoms. The first kappa shape index (κ1) is 27.6. The zero-order valence-electron chi connectivity index (χ0n) is 20.2. The molecule has 2 unspecified atom stereocenters. The van der Waals surface area contributed by atoms with Crippen LogP contribution in [0.1, 0.15) is 43.5 Å². The van der Waals surface area contributed by atoms with Gasteiger partial charge >= 0.3 is 6.09 Å². The van der Waals surface area contributed by atoms with E-state index < -0.39 is 35.6 Å². The predicted octanol–water partition coefficient (Wildman–Crippen LogP) is 3.30. The maximum absolute atomic E-state index is 13.4. The number of hydrogen-bond donors (Lipinski definition) is 4. The van der Waals surface area contributed by atoms with E-state index in [1.165, 1.54) is 12.1 Å². The fourth-order valence-electron chi connectivity index (χ4n) is 3.22. The minimum atomic E-state index is -1.22. The molecule has 35 heavy (non-hydrogen) atoms. The van der Waals surface area contributed by atoms with Crippen LogP contribution >= 0.6 is 12.6 Å². The van der Waals surface area contributed by atoms with Crippen LogP contribution in [-0.2, 0) is 20.9 Å². The van der Waals surface area contributed by atoms with Crippen LogP contribution in [0.25, 0.3) is 0 Å². The highest BCUT2D eigenvalue weighted by molar-refractivity contribution is 7.80. The quantitative estimate of drug-likeness (QED) is 0.254. The van der Waals surface area contributed by atoms with Crippen LogP contribution in [0, 0.1) is 19.4 Å². The number of aryl methyl sites for hydroxylation is 1. The SMILES string of the molecule is C#CN(C(=O)C(CS)NC(=O)OC(C)(C)C)C(C(=O)NCc1ccccc1)c1ccc(O)c(C)c1. The summed E-state index contributed by atoms with van der Waals surface area (Å²) in [4.78, 5) is 39.9. The van der Waals surface area contributed by atoms with Gasteiger partial charge in [-0.3, -0.25) is 14.5 Å². The van der Waals surface area contributed by atoms with Crippen molar-refractivity contribution < 1.29 is 24.2 Å². The van der Waals surface area contributed by atoms with Crippen molar-refractivity contribution in [3.63, 3.8) is 0 Å². The topological polar surface area (TPSA) is 108 Å². The lowest BCUT2D eigenvalue weighted by Gasteiger charge is -2.30. The van der Waals surface area contributed by atoms with Crippen LogP contribution in [0.3, 0.4) is 0 Å². The molecule has 2 rings (SSSR count). The summed E-state index contributed by atoms with van der Waals surface area (Å²) in [6.45, 7) is 6.96. The fourth-order valence-corrected chi connectivity index (χ4v) is 3.46. The van der Waals surface area contributed by atoms with Crippen molar-refractivity contribution in [2.75, 3.05) is 5.75 Å². The number of alkyl carbamates (subject to hydrolysis) is 1. The zero-order valence-corrected chi connectivity index (χ0v) is 21.1. The monoisotopic (exact) mass is 497 g/mol. The molecule has 0 radical (unpaired) electrons. The Hall–Kier alpha value is -3.64. The molecule has 0 aliphatic carbocycles. The molecule has 0 saturated carbocycles. The number of hydrogen-bond acceptors (Lipinski definition) is 6. The van der Waals surface area contributed by atoms with E-state index in [4.69, 9.17) is 11.2 Å². The van der Waals surface area contributed by atoms with Gasteiger partial charge in [0.05, 0.1) is 0 Å². The van der Waals surface area contributed by atoms with Gasteiger partial charge in [-0.1, -0.05) is 42.8 Å². The molecule has 0 bridgehead atoms. The minimum absolute atomic E-state index is 0.0376. The number of carbonyl (C=O) groups excluding carboxylic acids is 3.